The van der Waals surface area contributed by atoms with E-state index in [1.165, 1.54) is 6.33 Å². The van der Waals surface area contributed by atoms with Gasteiger partial charge in [0.2, 0.25) is 0 Å². The topological polar surface area (TPSA) is 120 Å². The van der Waals surface area contributed by atoms with Crippen molar-refractivity contribution >= 4 is 27.6 Å². The molecule has 0 aliphatic rings. The van der Waals surface area contributed by atoms with Gasteiger partial charge in [0.05, 0.1) is 29.2 Å². The number of hydrogen-bond donors (Lipinski definition) is 2. The lowest BCUT2D eigenvalue weighted by atomic mass is 10.0. The first-order valence-corrected chi connectivity index (χ1v) is 11.8. The zero-order valence-electron chi connectivity index (χ0n) is 19.9. The number of rotatable bonds is 5. The highest BCUT2D eigenvalue weighted by Crippen LogP contribution is 2.30. The number of nitrogens with zero attached hydrogens (tertiary/aromatic N) is 6. The Kier molecular flexibility index (Phi) is 5.10. The Morgan fingerprint density at radius 1 is 1.06 bits per heavy atom. The van der Waals surface area contributed by atoms with Crippen LogP contribution in [0.1, 0.15) is 23.7 Å². The fraction of sp³-hybridized carbons (Fsp3) is 0.148. The fourth-order valence-electron chi connectivity index (χ4n) is 4.87. The first kappa shape index (κ1) is 21.7. The van der Waals surface area contributed by atoms with Crippen molar-refractivity contribution in [3.63, 3.8) is 0 Å². The summed E-state index contributed by atoms with van der Waals surface area (Å²) >= 11 is 0. The fourth-order valence-corrected chi connectivity index (χ4v) is 4.87. The lowest BCUT2D eigenvalue weighted by molar-refractivity contribution is 0.671. The molecular weight excluding hydrogens is 452 g/mol. The number of para-hydroxylation sites is 1. The van der Waals surface area contributed by atoms with E-state index >= 15 is 0 Å². The van der Waals surface area contributed by atoms with Crippen molar-refractivity contribution in [1.82, 2.24) is 34.5 Å². The van der Waals surface area contributed by atoms with Gasteiger partial charge in [-0.3, -0.25) is 14.5 Å². The summed E-state index contributed by atoms with van der Waals surface area (Å²) in [7, 11) is 0. The molecule has 0 bridgehead atoms. The molecule has 4 heterocycles. The minimum Gasteiger partial charge on any atom is -0.383 e. The molecule has 0 amide bonds. The quantitative estimate of drug-likeness (QED) is 0.388. The van der Waals surface area contributed by atoms with E-state index in [2.05, 4.69) is 39.2 Å². The summed E-state index contributed by atoms with van der Waals surface area (Å²) in [6.45, 7) is 4.37. The molecule has 0 radical (unpaired) electrons. The number of benzene rings is 2. The molecule has 6 rings (SSSR count). The van der Waals surface area contributed by atoms with E-state index in [0.717, 1.165) is 39.9 Å². The van der Waals surface area contributed by atoms with Crippen LogP contribution in [0.4, 0.5) is 5.82 Å². The predicted octanol–water partition coefficient (Wildman–Crippen LogP) is 4.02. The summed E-state index contributed by atoms with van der Waals surface area (Å²) < 4.78 is 3.58. The first-order chi connectivity index (χ1) is 17.6. The molecule has 0 saturated carbocycles. The van der Waals surface area contributed by atoms with Gasteiger partial charge in [-0.05, 0) is 42.0 Å². The van der Waals surface area contributed by atoms with Gasteiger partial charge in [-0.15, -0.1) is 0 Å². The molecule has 178 valence electrons. The van der Waals surface area contributed by atoms with Crippen molar-refractivity contribution in [2.45, 2.75) is 26.8 Å². The Labute approximate surface area is 206 Å². The smallest absolute Gasteiger partial charge is 0.263 e. The lowest BCUT2D eigenvalue weighted by Crippen LogP contribution is -2.25. The van der Waals surface area contributed by atoms with Crippen molar-refractivity contribution in [3.8, 4) is 16.9 Å². The third-order valence-corrected chi connectivity index (χ3v) is 6.59. The molecule has 0 aliphatic heterocycles. The monoisotopic (exact) mass is 476 g/mol. The molecule has 0 unspecified atom stereocenters. The van der Waals surface area contributed by atoms with Crippen molar-refractivity contribution in [2.75, 3.05) is 5.73 Å². The Hall–Kier alpha value is -4.79. The van der Waals surface area contributed by atoms with Crippen LogP contribution in [0, 0.1) is 6.92 Å². The number of nitrogen functional groups attached to an aromatic ring is 1. The molecule has 0 fully saturated rings. The Morgan fingerprint density at radius 3 is 2.72 bits per heavy atom. The van der Waals surface area contributed by atoms with Crippen LogP contribution < -0.4 is 11.3 Å². The number of H-pyrrole nitrogens is 1. The van der Waals surface area contributed by atoms with E-state index in [-0.39, 0.29) is 5.56 Å². The molecule has 3 N–H and O–H groups in total. The molecular formula is C27H24N8O. The SMILES string of the molecule is CCc1ccccc1-n1c(Cn2nc(-c3cn[nH]c3)c3c(N)ncnc32)cc2cccc(C)c2c1=O. The van der Waals surface area contributed by atoms with E-state index in [1.54, 1.807) is 17.1 Å². The van der Waals surface area contributed by atoms with Crippen LogP contribution in [-0.4, -0.2) is 34.5 Å². The Morgan fingerprint density at radius 2 is 1.92 bits per heavy atom. The van der Waals surface area contributed by atoms with Crippen LogP contribution in [0.3, 0.4) is 0 Å². The summed E-state index contributed by atoms with van der Waals surface area (Å²) in [6.07, 6.45) is 5.67. The standard InChI is InChI=1S/C27H24N8O/c1-3-17-8-4-5-10-21(17)35-20(11-18-9-6-7-16(2)22(18)27(35)36)14-34-26-23(25(28)29-15-30-26)24(33-34)19-12-31-32-13-19/h4-13,15H,3,14H2,1-2H3,(H,31,32)(H2,28,29,30). The number of aromatic nitrogens is 7. The van der Waals surface area contributed by atoms with Crippen LogP contribution in [0.15, 0.2) is 72.0 Å². The van der Waals surface area contributed by atoms with E-state index < -0.39 is 0 Å². The van der Waals surface area contributed by atoms with E-state index in [1.807, 2.05) is 47.9 Å². The number of nitrogens with one attached hydrogen (secondary N) is 1. The molecule has 0 saturated heterocycles. The number of anilines is 1. The highest BCUT2D eigenvalue weighted by Gasteiger charge is 2.20. The molecule has 2 aromatic carbocycles. The van der Waals surface area contributed by atoms with E-state index in [9.17, 15) is 4.79 Å². The van der Waals surface area contributed by atoms with Crippen molar-refractivity contribution in [1.29, 1.82) is 0 Å². The maximum Gasteiger partial charge on any atom is 0.263 e. The number of pyridine rings is 1. The summed E-state index contributed by atoms with van der Waals surface area (Å²) in [4.78, 5) is 22.7. The number of aromatic amines is 1. The van der Waals surface area contributed by atoms with E-state index in [0.29, 0.717) is 34.5 Å². The van der Waals surface area contributed by atoms with Gasteiger partial charge in [0.1, 0.15) is 17.8 Å². The first-order valence-electron chi connectivity index (χ1n) is 11.8. The van der Waals surface area contributed by atoms with Crippen molar-refractivity contribution in [2.24, 2.45) is 0 Å². The molecule has 4 aromatic heterocycles. The number of aryl methyl sites for hydroxylation is 2. The van der Waals surface area contributed by atoms with E-state index in [4.69, 9.17) is 10.8 Å². The van der Waals surface area contributed by atoms with Gasteiger partial charge in [0, 0.05) is 17.5 Å². The minimum atomic E-state index is -0.0536. The molecule has 36 heavy (non-hydrogen) atoms. The molecule has 6 aromatic rings. The average Bonchev–Trinajstić information content (AvgIpc) is 3.53. The van der Waals surface area contributed by atoms with Gasteiger partial charge in [-0.2, -0.15) is 10.2 Å². The highest BCUT2D eigenvalue weighted by atomic mass is 16.1. The highest BCUT2D eigenvalue weighted by molar-refractivity contribution is 5.98. The van der Waals surface area contributed by atoms with Gasteiger partial charge >= 0.3 is 0 Å². The zero-order valence-corrected chi connectivity index (χ0v) is 19.9. The van der Waals surface area contributed by atoms with Gasteiger partial charge in [-0.1, -0.05) is 43.3 Å². The lowest BCUT2D eigenvalue weighted by Gasteiger charge is -2.18. The second-order valence-electron chi connectivity index (χ2n) is 8.75. The maximum absolute atomic E-state index is 14.0. The Balaban J connectivity index is 1.64. The maximum atomic E-state index is 14.0. The normalized spacial score (nSPS) is 11.5. The number of nitrogens with two attached hydrogens (primary N) is 1. The third-order valence-electron chi connectivity index (χ3n) is 6.59. The number of hydrogen-bond acceptors (Lipinski definition) is 6. The molecule has 9 nitrogen and oxygen atoms in total. The molecule has 9 heteroatoms. The second-order valence-corrected chi connectivity index (χ2v) is 8.75. The summed E-state index contributed by atoms with van der Waals surface area (Å²) in [5.41, 5.74) is 11.9. The summed E-state index contributed by atoms with van der Waals surface area (Å²) in [5, 5.41) is 14.0. The van der Waals surface area contributed by atoms with Crippen LogP contribution in [-0.2, 0) is 13.0 Å². The van der Waals surface area contributed by atoms with Crippen molar-refractivity contribution < 1.29 is 0 Å². The van der Waals surface area contributed by atoms with Crippen molar-refractivity contribution in [3.05, 3.63) is 94.4 Å². The summed E-state index contributed by atoms with van der Waals surface area (Å²) in [6, 6.07) is 16.0. The average molecular weight is 477 g/mol. The predicted molar refractivity (Wildman–Crippen MR) is 140 cm³/mol. The second kappa shape index (κ2) is 8.46. The van der Waals surface area contributed by atoms with Gasteiger partial charge in [-0.25, -0.2) is 14.6 Å². The number of fused-ring (bicyclic) bond motifs is 2. The van der Waals surface area contributed by atoms with Crippen LogP contribution in [0.2, 0.25) is 0 Å². The van der Waals surface area contributed by atoms with Gasteiger partial charge < -0.3 is 5.73 Å². The third kappa shape index (κ3) is 3.36. The molecule has 0 aliphatic carbocycles. The van der Waals surface area contributed by atoms with Crippen LogP contribution in [0.25, 0.3) is 38.8 Å². The van der Waals surface area contributed by atoms with Crippen LogP contribution in [0.5, 0.6) is 0 Å². The Bertz CT molecular complexity index is 1800. The molecule has 0 spiro atoms. The summed E-state index contributed by atoms with van der Waals surface area (Å²) in [5.74, 6) is 0.338. The van der Waals surface area contributed by atoms with Gasteiger partial charge in [0.25, 0.3) is 5.56 Å². The molecule has 0 atom stereocenters. The van der Waals surface area contributed by atoms with Crippen LogP contribution >= 0.6 is 0 Å². The largest absolute Gasteiger partial charge is 0.383 e. The minimum absolute atomic E-state index is 0.0536. The van der Waals surface area contributed by atoms with Gasteiger partial charge in [0.15, 0.2) is 5.65 Å². The zero-order chi connectivity index (χ0) is 24.8.